The molecule has 0 N–H and O–H groups in total. The van der Waals surface area contributed by atoms with Crippen molar-refractivity contribution in [1.29, 1.82) is 0 Å². The Labute approximate surface area is 148 Å². The van der Waals surface area contributed by atoms with Crippen LogP contribution in [-0.4, -0.2) is 25.8 Å². The molecule has 0 radical (unpaired) electrons. The average Bonchev–Trinajstić information content (AvgIpc) is 2.60. The molecule has 2 rings (SSSR count). The van der Waals surface area contributed by atoms with E-state index in [1.165, 1.54) is 6.08 Å². The number of rotatable bonds is 8. The zero-order chi connectivity index (χ0) is 18.3. The van der Waals surface area contributed by atoms with E-state index in [0.29, 0.717) is 17.5 Å². The van der Waals surface area contributed by atoms with Crippen molar-refractivity contribution in [2.24, 2.45) is 0 Å². The lowest BCUT2D eigenvalue weighted by Crippen LogP contribution is -2.14. The zero-order valence-corrected chi connectivity index (χ0v) is 15.6. The highest BCUT2D eigenvalue weighted by Gasteiger charge is 2.29. The van der Waals surface area contributed by atoms with Crippen molar-refractivity contribution in [2.75, 3.05) is 19.8 Å². The van der Waals surface area contributed by atoms with Gasteiger partial charge in [0, 0.05) is 6.08 Å². The molecule has 0 aromatic heterocycles. The Morgan fingerprint density at radius 2 is 1.60 bits per heavy atom. The van der Waals surface area contributed by atoms with E-state index in [1.807, 2.05) is 30.3 Å². The second kappa shape index (κ2) is 8.95. The van der Waals surface area contributed by atoms with E-state index in [-0.39, 0.29) is 13.2 Å². The third-order valence-corrected chi connectivity index (χ3v) is 5.65. The monoisotopic (exact) mass is 362 g/mol. The zero-order valence-electron chi connectivity index (χ0n) is 14.7. The number of carbonyl (C=O) groups is 1. The second-order valence-corrected chi connectivity index (χ2v) is 7.17. The molecule has 0 saturated heterocycles. The fraction of sp³-hybridized carbons (Fsp3) is 0.316. The van der Waals surface area contributed by atoms with Crippen LogP contribution >= 0.6 is 7.60 Å². The van der Waals surface area contributed by atoms with Gasteiger partial charge < -0.3 is 13.8 Å². The maximum Gasteiger partial charge on any atom is 0.361 e. The van der Waals surface area contributed by atoms with Gasteiger partial charge in [0.05, 0.1) is 25.1 Å². The van der Waals surface area contributed by atoms with Gasteiger partial charge in [-0.2, -0.15) is 0 Å². The summed E-state index contributed by atoms with van der Waals surface area (Å²) in [7, 11) is -3.49. The summed E-state index contributed by atoms with van der Waals surface area (Å²) < 4.78 is 29.1. The van der Waals surface area contributed by atoms with Crippen LogP contribution in [0, 0.1) is 0 Å². The Morgan fingerprint density at radius 1 is 1.00 bits per heavy atom. The molecule has 25 heavy (non-hydrogen) atoms. The van der Waals surface area contributed by atoms with Gasteiger partial charge in [0.1, 0.15) is 0 Å². The lowest BCUT2D eigenvalue weighted by molar-refractivity contribution is -0.137. The summed E-state index contributed by atoms with van der Waals surface area (Å²) >= 11 is 0. The molecule has 2 aromatic carbocycles. The molecule has 0 aliphatic heterocycles. The lowest BCUT2D eigenvalue weighted by atomic mass is 10.1. The van der Waals surface area contributed by atoms with Gasteiger partial charge in [-0.1, -0.05) is 24.3 Å². The molecule has 0 aliphatic carbocycles. The molecule has 0 fully saturated rings. The minimum absolute atomic E-state index is 0.255. The highest BCUT2D eigenvalue weighted by atomic mass is 31.2. The molecule has 0 spiro atoms. The topological polar surface area (TPSA) is 61.8 Å². The van der Waals surface area contributed by atoms with E-state index < -0.39 is 13.6 Å². The van der Waals surface area contributed by atoms with E-state index in [2.05, 4.69) is 0 Å². The predicted molar refractivity (Wildman–Crippen MR) is 100 cm³/mol. The Kier molecular flexibility index (Phi) is 6.94. The quantitative estimate of drug-likeness (QED) is 0.398. The summed E-state index contributed by atoms with van der Waals surface area (Å²) in [6.45, 7) is 6.08. The number of esters is 1. The SMILES string of the molecule is CCOC(=O)/C=C/c1cc2ccccc2cc1P(=O)(OCC)OCC. The molecule has 0 saturated carbocycles. The molecule has 0 amide bonds. The predicted octanol–water partition coefficient (Wildman–Crippen LogP) is 4.31. The maximum absolute atomic E-state index is 13.3. The van der Waals surface area contributed by atoms with Crippen LogP contribution in [0.15, 0.2) is 42.5 Å². The molecular formula is C19H23O5P. The van der Waals surface area contributed by atoms with Crippen molar-refractivity contribution in [2.45, 2.75) is 20.8 Å². The van der Waals surface area contributed by atoms with Crippen molar-refractivity contribution >= 4 is 35.7 Å². The second-order valence-electron chi connectivity index (χ2n) is 5.18. The van der Waals surface area contributed by atoms with Gasteiger partial charge in [-0.25, -0.2) is 4.79 Å². The van der Waals surface area contributed by atoms with Crippen LogP contribution in [0.4, 0.5) is 0 Å². The molecule has 0 atom stereocenters. The van der Waals surface area contributed by atoms with E-state index in [4.69, 9.17) is 13.8 Å². The summed E-state index contributed by atoms with van der Waals surface area (Å²) in [5, 5.41) is 2.33. The highest BCUT2D eigenvalue weighted by molar-refractivity contribution is 7.62. The fourth-order valence-corrected chi connectivity index (χ4v) is 4.27. The van der Waals surface area contributed by atoms with Crippen LogP contribution < -0.4 is 5.30 Å². The van der Waals surface area contributed by atoms with Crippen molar-refractivity contribution in [3.8, 4) is 0 Å². The molecule has 0 aliphatic rings. The first-order valence-electron chi connectivity index (χ1n) is 8.31. The van der Waals surface area contributed by atoms with E-state index in [9.17, 15) is 9.36 Å². The van der Waals surface area contributed by atoms with Crippen molar-refractivity contribution in [3.05, 3.63) is 48.0 Å². The molecule has 5 nitrogen and oxygen atoms in total. The first-order chi connectivity index (χ1) is 12.0. The molecule has 0 bridgehead atoms. The van der Waals surface area contributed by atoms with Gasteiger partial charge in [-0.3, -0.25) is 4.57 Å². The Balaban J connectivity index is 2.60. The van der Waals surface area contributed by atoms with Crippen LogP contribution in [-0.2, 0) is 23.1 Å². The number of fused-ring (bicyclic) bond motifs is 1. The summed E-state index contributed by atoms with van der Waals surface area (Å²) in [6, 6.07) is 11.4. The van der Waals surface area contributed by atoms with Gasteiger partial charge in [-0.15, -0.1) is 0 Å². The van der Waals surface area contributed by atoms with E-state index >= 15 is 0 Å². The Hall–Kier alpha value is -1.94. The molecular weight excluding hydrogens is 339 g/mol. The summed E-state index contributed by atoms with van der Waals surface area (Å²) in [5.41, 5.74) is 0.608. The highest BCUT2D eigenvalue weighted by Crippen LogP contribution is 2.48. The molecule has 134 valence electrons. The van der Waals surface area contributed by atoms with Crippen LogP contribution in [0.1, 0.15) is 26.3 Å². The van der Waals surface area contributed by atoms with Gasteiger partial charge in [0.2, 0.25) is 0 Å². The normalized spacial score (nSPS) is 12.0. The largest absolute Gasteiger partial charge is 0.463 e. The minimum atomic E-state index is -3.49. The molecule has 6 heteroatoms. The van der Waals surface area contributed by atoms with Gasteiger partial charge >= 0.3 is 13.6 Å². The summed E-state index contributed by atoms with van der Waals surface area (Å²) in [4.78, 5) is 11.7. The van der Waals surface area contributed by atoms with Crippen LogP contribution in [0.3, 0.4) is 0 Å². The summed E-state index contributed by atoms with van der Waals surface area (Å²) in [6.07, 6.45) is 2.91. The van der Waals surface area contributed by atoms with E-state index in [0.717, 1.165) is 10.8 Å². The standard InChI is InChI=1S/C19H23O5P/c1-4-22-19(20)12-11-17-13-15-9-7-8-10-16(15)14-18(17)25(21,23-5-2)24-6-3/h7-14H,4-6H2,1-3H3/b12-11+. The van der Waals surface area contributed by atoms with Crippen molar-refractivity contribution < 1.29 is 23.1 Å². The van der Waals surface area contributed by atoms with Crippen LogP contribution in [0.25, 0.3) is 16.8 Å². The first kappa shape index (κ1) is 19.4. The fourth-order valence-electron chi connectivity index (χ4n) is 2.48. The number of hydrogen-bond acceptors (Lipinski definition) is 5. The van der Waals surface area contributed by atoms with E-state index in [1.54, 1.807) is 32.9 Å². The smallest absolute Gasteiger partial charge is 0.361 e. The Bertz CT molecular complexity index is 803. The van der Waals surface area contributed by atoms with Gasteiger partial charge in [-0.05, 0) is 55.3 Å². The van der Waals surface area contributed by atoms with Crippen LogP contribution in [0.2, 0.25) is 0 Å². The third kappa shape index (κ3) is 4.79. The Morgan fingerprint density at radius 3 is 2.16 bits per heavy atom. The number of hydrogen-bond donors (Lipinski definition) is 0. The van der Waals surface area contributed by atoms with Gasteiger partial charge in [0.25, 0.3) is 0 Å². The lowest BCUT2D eigenvalue weighted by Gasteiger charge is -2.20. The summed E-state index contributed by atoms with van der Waals surface area (Å²) in [5.74, 6) is -0.454. The molecule has 2 aromatic rings. The number of benzene rings is 2. The minimum Gasteiger partial charge on any atom is -0.463 e. The maximum atomic E-state index is 13.3. The van der Waals surface area contributed by atoms with Crippen molar-refractivity contribution in [3.63, 3.8) is 0 Å². The first-order valence-corrected chi connectivity index (χ1v) is 9.85. The number of carbonyl (C=O) groups excluding carboxylic acids is 1. The molecule has 0 unspecified atom stereocenters. The molecule has 0 heterocycles. The average molecular weight is 362 g/mol. The third-order valence-electron chi connectivity index (χ3n) is 3.47. The van der Waals surface area contributed by atoms with Gasteiger partial charge in [0.15, 0.2) is 0 Å². The van der Waals surface area contributed by atoms with Crippen molar-refractivity contribution in [1.82, 2.24) is 0 Å². The van der Waals surface area contributed by atoms with Crippen LogP contribution in [0.5, 0.6) is 0 Å². The number of ether oxygens (including phenoxy) is 1.